The molecular formula is C10H16Si. The van der Waals surface area contributed by atoms with E-state index in [1.165, 1.54) is 6.42 Å². The van der Waals surface area contributed by atoms with E-state index < -0.39 is 8.07 Å². The zero-order valence-corrected chi connectivity index (χ0v) is 8.59. The molecule has 2 rings (SSSR count). The number of hydrogen-bond donors (Lipinski definition) is 0. The van der Waals surface area contributed by atoms with Crippen LogP contribution in [-0.2, 0) is 0 Å². The lowest BCUT2D eigenvalue weighted by Gasteiger charge is -2.23. The molecule has 0 heterocycles. The Labute approximate surface area is 70.0 Å². The van der Waals surface area contributed by atoms with Gasteiger partial charge in [-0.3, -0.25) is 0 Å². The van der Waals surface area contributed by atoms with Gasteiger partial charge >= 0.3 is 0 Å². The zero-order valence-electron chi connectivity index (χ0n) is 7.59. The third-order valence-corrected chi connectivity index (χ3v) is 5.05. The van der Waals surface area contributed by atoms with Crippen molar-refractivity contribution in [3.8, 4) is 0 Å². The average Bonchev–Trinajstić information content (AvgIpc) is 2.42. The van der Waals surface area contributed by atoms with Gasteiger partial charge in [-0.1, -0.05) is 43.1 Å². The van der Waals surface area contributed by atoms with Crippen LogP contribution in [0.15, 0.2) is 23.4 Å². The summed E-state index contributed by atoms with van der Waals surface area (Å²) >= 11 is 0. The van der Waals surface area contributed by atoms with Gasteiger partial charge in [-0.15, -0.1) is 0 Å². The molecule has 2 atom stereocenters. The van der Waals surface area contributed by atoms with Gasteiger partial charge in [-0.2, -0.15) is 0 Å². The summed E-state index contributed by atoms with van der Waals surface area (Å²) in [5, 5.41) is 1.80. The average molecular weight is 164 g/mol. The van der Waals surface area contributed by atoms with E-state index in [1.54, 1.807) is 5.20 Å². The molecule has 0 spiro atoms. The molecule has 0 aromatic heterocycles. The minimum Gasteiger partial charge on any atom is -0.0816 e. The van der Waals surface area contributed by atoms with E-state index in [2.05, 4.69) is 37.9 Å². The molecule has 2 aliphatic carbocycles. The van der Waals surface area contributed by atoms with Gasteiger partial charge in [0.15, 0.2) is 0 Å². The Kier molecular flexibility index (Phi) is 1.40. The van der Waals surface area contributed by atoms with Crippen LogP contribution in [0.5, 0.6) is 0 Å². The smallest absolute Gasteiger partial charge is 0.0728 e. The second-order valence-corrected chi connectivity index (χ2v) is 9.84. The second kappa shape index (κ2) is 2.10. The molecule has 60 valence electrons. The summed E-state index contributed by atoms with van der Waals surface area (Å²) in [6.07, 6.45) is 8.70. The van der Waals surface area contributed by atoms with Crippen LogP contribution in [0.3, 0.4) is 0 Å². The van der Waals surface area contributed by atoms with Crippen molar-refractivity contribution in [1.29, 1.82) is 0 Å². The number of hydrogen-bond acceptors (Lipinski definition) is 0. The Morgan fingerprint density at radius 1 is 1.27 bits per heavy atom. The molecule has 2 bridgehead atoms. The first kappa shape index (κ1) is 7.35. The maximum absolute atomic E-state index is 2.52. The van der Waals surface area contributed by atoms with Crippen molar-refractivity contribution in [2.45, 2.75) is 26.1 Å². The van der Waals surface area contributed by atoms with Gasteiger partial charge in [0.1, 0.15) is 0 Å². The summed E-state index contributed by atoms with van der Waals surface area (Å²) in [5.41, 5.74) is 0. The van der Waals surface area contributed by atoms with Crippen molar-refractivity contribution in [2.75, 3.05) is 0 Å². The zero-order chi connectivity index (χ0) is 8.06. The maximum Gasteiger partial charge on any atom is 0.0728 e. The van der Waals surface area contributed by atoms with Crippen molar-refractivity contribution in [2.24, 2.45) is 11.8 Å². The van der Waals surface area contributed by atoms with Gasteiger partial charge in [0.2, 0.25) is 0 Å². The molecule has 0 saturated heterocycles. The highest BCUT2D eigenvalue weighted by Gasteiger charge is 2.34. The Morgan fingerprint density at radius 2 is 2.00 bits per heavy atom. The third kappa shape index (κ3) is 1.12. The lowest BCUT2D eigenvalue weighted by Crippen LogP contribution is -2.26. The molecule has 0 radical (unpaired) electrons. The van der Waals surface area contributed by atoms with E-state index in [1.807, 2.05) is 0 Å². The number of fused-ring (bicyclic) bond motifs is 2. The summed E-state index contributed by atoms with van der Waals surface area (Å²) in [4.78, 5) is 0. The molecule has 0 nitrogen and oxygen atoms in total. The molecule has 0 unspecified atom stereocenters. The molecule has 0 N–H and O–H groups in total. The summed E-state index contributed by atoms with van der Waals surface area (Å²) in [7, 11) is -0.968. The fraction of sp³-hybridized carbons (Fsp3) is 0.600. The number of rotatable bonds is 1. The first-order valence-corrected chi connectivity index (χ1v) is 7.98. The standard InChI is InChI=1S/C10H16Si/c1-11(2,3)10-7-8-4-5-9(10)6-8/h4-5,7-9H,6H2,1-3H3/t8-,9+/m1/s1. The van der Waals surface area contributed by atoms with Crippen LogP contribution < -0.4 is 0 Å². The van der Waals surface area contributed by atoms with Gasteiger partial charge < -0.3 is 0 Å². The molecule has 11 heavy (non-hydrogen) atoms. The Morgan fingerprint density at radius 3 is 2.27 bits per heavy atom. The highest BCUT2D eigenvalue weighted by atomic mass is 28.3. The minimum absolute atomic E-state index is 0.807. The van der Waals surface area contributed by atoms with Crippen molar-refractivity contribution in [1.82, 2.24) is 0 Å². The van der Waals surface area contributed by atoms with E-state index >= 15 is 0 Å². The molecule has 0 fully saturated rings. The van der Waals surface area contributed by atoms with Crippen LogP contribution in [0.25, 0.3) is 0 Å². The first-order valence-electron chi connectivity index (χ1n) is 4.48. The van der Waals surface area contributed by atoms with Crippen LogP contribution in [0.2, 0.25) is 19.6 Å². The van der Waals surface area contributed by atoms with Crippen molar-refractivity contribution < 1.29 is 0 Å². The van der Waals surface area contributed by atoms with Crippen molar-refractivity contribution >= 4 is 8.07 Å². The van der Waals surface area contributed by atoms with Gasteiger partial charge in [-0.25, -0.2) is 0 Å². The highest BCUT2D eigenvalue weighted by Crippen LogP contribution is 2.42. The SMILES string of the molecule is C[Si](C)(C)C1=C[C@@H]2C=C[C@H]1C2. The predicted octanol–water partition coefficient (Wildman–Crippen LogP) is 3.00. The molecule has 0 aromatic rings. The Balaban J connectivity index is 2.26. The lowest BCUT2D eigenvalue weighted by atomic mass is 10.2. The quantitative estimate of drug-likeness (QED) is 0.413. The molecule has 1 heteroatoms. The fourth-order valence-corrected chi connectivity index (χ4v) is 4.28. The molecule has 0 aliphatic heterocycles. The van der Waals surface area contributed by atoms with Crippen molar-refractivity contribution in [3.05, 3.63) is 23.4 Å². The highest BCUT2D eigenvalue weighted by molar-refractivity contribution is 6.83. The van der Waals surface area contributed by atoms with E-state index in [4.69, 9.17) is 0 Å². The van der Waals surface area contributed by atoms with Crippen LogP contribution in [0.4, 0.5) is 0 Å². The van der Waals surface area contributed by atoms with Crippen LogP contribution >= 0.6 is 0 Å². The lowest BCUT2D eigenvalue weighted by molar-refractivity contribution is 0.724. The van der Waals surface area contributed by atoms with Crippen molar-refractivity contribution in [3.63, 3.8) is 0 Å². The van der Waals surface area contributed by atoms with Crippen LogP contribution in [-0.4, -0.2) is 8.07 Å². The third-order valence-electron chi connectivity index (χ3n) is 2.78. The minimum atomic E-state index is -0.968. The summed E-state index contributed by atoms with van der Waals surface area (Å²) in [6.45, 7) is 7.36. The molecular weight excluding hydrogens is 148 g/mol. The first-order chi connectivity index (χ1) is 5.07. The van der Waals surface area contributed by atoms with Gasteiger partial charge in [-0.05, 0) is 18.3 Å². The topological polar surface area (TPSA) is 0 Å². The normalized spacial score (nSPS) is 34.6. The fourth-order valence-electron chi connectivity index (χ4n) is 2.24. The van der Waals surface area contributed by atoms with Crippen LogP contribution in [0, 0.1) is 11.8 Å². The Hall–Kier alpha value is -0.303. The molecule has 0 amide bonds. The van der Waals surface area contributed by atoms with E-state index in [0.717, 1.165) is 11.8 Å². The van der Waals surface area contributed by atoms with E-state index in [9.17, 15) is 0 Å². The molecule has 2 aliphatic rings. The maximum atomic E-state index is 2.52. The van der Waals surface area contributed by atoms with Gasteiger partial charge in [0.05, 0.1) is 8.07 Å². The van der Waals surface area contributed by atoms with Gasteiger partial charge in [0.25, 0.3) is 0 Å². The second-order valence-electron chi connectivity index (χ2n) is 4.76. The summed E-state index contributed by atoms with van der Waals surface area (Å²) in [6, 6.07) is 0. The Bertz CT molecular complexity index is 230. The number of allylic oxidation sites excluding steroid dienone is 4. The van der Waals surface area contributed by atoms with Gasteiger partial charge in [0, 0.05) is 0 Å². The predicted molar refractivity (Wildman–Crippen MR) is 52.2 cm³/mol. The largest absolute Gasteiger partial charge is 0.0816 e. The summed E-state index contributed by atoms with van der Waals surface area (Å²) in [5.74, 6) is 1.65. The van der Waals surface area contributed by atoms with Crippen LogP contribution in [0.1, 0.15) is 6.42 Å². The van der Waals surface area contributed by atoms with E-state index in [0.29, 0.717) is 0 Å². The summed E-state index contributed by atoms with van der Waals surface area (Å²) < 4.78 is 0. The van der Waals surface area contributed by atoms with E-state index in [-0.39, 0.29) is 0 Å². The molecule has 0 saturated carbocycles. The molecule has 0 aromatic carbocycles. The monoisotopic (exact) mass is 164 g/mol.